The lowest BCUT2D eigenvalue weighted by molar-refractivity contribution is -0.139. The number of carbonyl (C=O) groups is 2. The number of carboxylic acid groups (broad SMARTS) is 1. The Hall–Kier alpha value is -3.02. The van der Waals surface area contributed by atoms with E-state index in [4.69, 9.17) is 14.6 Å². The van der Waals surface area contributed by atoms with Gasteiger partial charge in [0.15, 0.2) is 12.7 Å². The first-order valence-electron chi connectivity index (χ1n) is 8.33. The number of carboxylic acids is 1. The van der Waals surface area contributed by atoms with Gasteiger partial charge >= 0.3 is 5.97 Å². The maximum atomic E-state index is 12.3. The van der Waals surface area contributed by atoms with Crippen molar-refractivity contribution in [2.24, 2.45) is 0 Å². The molecule has 0 saturated carbocycles. The molecule has 2 N–H and O–H groups in total. The predicted molar refractivity (Wildman–Crippen MR) is 97.4 cm³/mol. The molecule has 26 heavy (non-hydrogen) atoms. The Morgan fingerprint density at radius 1 is 1.08 bits per heavy atom. The summed E-state index contributed by atoms with van der Waals surface area (Å²) in [6, 6.07) is 14.2. The molecule has 0 unspecified atom stereocenters. The van der Waals surface area contributed by atoms with E-state index < -0.39 is 12.1 Å². The Kier molecular flexibility index (Phi) is 6.60. The van der Waals surface area contributed by atoms with Gasteiger partial charge in [-0.2, -0.15) is 0 Å². The number of ether oxygens (including phenoxy) is 2. The lowest BCUT2D eigenvalue weighted by Gasteiger charge is -2.19. The largest absolute Gasteiger partial charge is 0.482 e. The van der Waals surface area contributed by atoms with E-state index in [1.54, 1.807) is 31.2 Å². The molecular weight excluding hydrogens is 334 g/mol. The van der Waals surface area contributed by atoms with E-state index >= 15 is 0 Å². The fraction of sp³-hybridized carbons (Fsp3) is 0.300. The van der Waals surface area contributed by atoms with Gasteiger partial charge in [0, 0.05) is 0 Å². The molecule has 0 aliphatic rings. The summed E-state index contributed by atoms with van der Waals surface area (Å²) in [7, 11) is 0. The molecule has 2 aromatic carbocycles. The number of aryl methyl sites for hydroxylation is 1. The van der Waals surface area contributed by atoms with Crippen molar-refractivity contribution in [3.8, 4) is 11.5 Å². The van der Waals surface area contributed by atoms with Crippen molar-refractivity contribution >= 4 is 11.9 Å². The molecule has 0 spiro atoms. The van der Waals surface area contributed by atoms with Gasteiger partial charge < -0.3 is 19.9 Å². The average molecular weight is 357 g/mol. The van der Waals surface area contributed by atoms with Crippen LogP contribution < -0.4 is 14.8 Å². The van der Waals surface area contributed by atoms with E-state index in [0.717, 1.165) is 11.1 Å². The van der Waals surface area contributed by atoms with E-state index in [0.29, 0.717) is 11.5 Å². The van der Waals surface area contributed by atoms with Crippen LogP contribution in [0.1, 0.15) is 31.0 Å². The zero-order chi connectivity index (χ0) is 19.1. The van der Waals surface area contributed by atoms with E-state index in [2.05, 4.69) is 5.32 Å². The molecule has 138 valence electrons. The van der Waals surface area contributed by atoms with Gasteiger partial charge in [-0.15, -0.1) is 0 Å². The summed E-state index contributed by atoms with van der Waals surface area (Å²) in [6.45, 7) is 5.14. The number of nitrogens with one attached hydrogen (secondary N) is 1. The second-order valence-corrected chi connectivity index (χ2v) is 6.06. The van der Waals surface area contributed by atoms with Gasteiger partial charge in [0.05, 0.1) is 6.04 Å². The Labute approximate surface area is 152 Å². The number of benzene rings is 2. The van der Waals surface area contributed by atoms with Crippen molar-refractivity contribution in [3.63, 3.8) is 0 Å². The van der Waals surface area contributed by atoms with Crippen molar-refractivity contribution < 1.29 is 24.2 Å². The summed E-state index contributed by atoms with van der Waals surface area (Å²) < 4.78 is 10.8. The summed E-state index contributed by atoms with van der Waals surface area (Å²) in [6.07, 6.45) is -0.627. The number of carbonyl (C=O) groups excluding carboxylic acids is 1. The van der Waals surface area contributed by atoms with Crippen LogP contribution in [0.3, 0.4) is 0 Å². The van der Waals surface area contributed by atoms with Crippen molar-refractivity contribution in [1.82, 2.24) is 5.32 Å². The molecular formula is C20H23NO5. The summed E-state index contributed by atoms with van der Waals surface area (Å²) in [5, 5.41) is 11.5. The van der Waals surface area contributed by atoms with Crippen molar-refractivity contribution in [1.29, 1.82) is 0 Å². The summed E-state index contributed by atoms with van der Waals surface area (Å²) >= 11 is 0. The molecule has 6 heteroatoms. The van der Waals surface area contributed by atoms with Crippen LogP contribution in [0.5, 0.6) is 11.5 Å². The van der Waals surface area contributed by atoms with Crippen LogP contribution in [0.25, 0.3) is 0 Å². The van der Waals surface area contributed by atoms with Crippen LogP contribution >= 0.6 is 0 Å². The van der Waals surface area contributed by atoms with E-state index in [-0.39, 0.29) is 18.6 Å². The maximum absolute atomic E-state index is 12.3. The van der Waals surface area contributed by atoms with Crippen molar-refractivity contribution in [2.75, 3.05) is 6.61 Å². The smallest absolute Gasteiger partial charge is 0.341 e. The average Bonchev–Trinajstić information content (AvgIpc) is 2.60. The van der Waals surface area contributed by atoms with Gasteiger partial charge in [-0.25, -0.2) is 4.79 Å². The third-order valence-electron chi connectivity index (χ3n) is 3.77. The number of amides is 1. The quantitative estimate of drug-likeness (QED) is 0.758. The third-order valence-corrected chi connectivity index (χ3v) is 3.77. The highest BCUT2D eigenvalue weighted by atomic mass is 16.5. The first-order chi connectivity index (χ1) is 12.3. The zero-order valence-corrected chi connectivity index (χ0v) is 15.1. The van der Waals surface area contributed by atoms with E-state index in [1.165, 1.54) is 0 Å². The Morgan fingerprint density at radius 2 is 1.77 bits per heavy atom. The number of aliphatic carboxylic acids is 1. The highest BCUT2D eigenvalue weighted by Gasteiger charge is 2.18. The molecule has 0 bridgehead atoms. The minimum atomic E-state index is -1.03. The molecule has 2 aromatic rings. The molecule has 0 heterocycles. The Bertz CT molecular complexity index is 757. The standard InChI is InChI=1S/C20H23NO5/c1-13-5-4-6-18(11-13)26-15(3)20(24)21-14(2)16-7-9-17(10-8-16)25-12-19(22)23/h4-11,14-15H,12H2,1-3H3,(H,21,24)(H,22,23)/t14-,15-/m1/s1. The minimum Gasteiger partial charge on any atom is -0.482 e. The van der Waals surface area contributed by atoms with Crippen LogP contribution in [0.2, 0.25) is 0 Å². The zero-order valence-electron chi connectivity index (χ0n) is 15.1. The van der Waals surface area contributed by atoms with Crippen molar-refractivity contribution in [3.05, 3.63) is 59.7 Å². The van der Waals surface area contributed by atoms with E-state index in [1.807, 2.05) is 38.1 Å². The Balaban J connectivity index is 1.90. The summed E-state index contributed by atoms with van der Waals surface area (Å²) in [5.41, 5.74) is 1.94. The molecule has 0 saturated heterocycles. The van der Waals surface area contributed by atoms with Gasteiger partial charge in [0.2, 0.25) is 0 Å². The predicted octanol–water partition coefficient (Wildman–Crippen LogP) is 3.10. The first-order valence-corrected chi connectivity index (χ1v) is 8.33. The fourth-order valence-corrected chi connectivity index (χ4v) is 2.36. The number of hydrogen-bond donors (Lipinski definition) is 2. The molecule has 0 aromatic heterocycles. The summed E-state index contributed by atoms with van der Waals surface area (Å²) in [4.78, 5) is 22.8. The molecule has 0 aliphatic carbocycles. The lowest BCUT2D eigenvalue weighted by Crippen LogP contribution is -2.37. The lowest BCUT2D eigenvalue weighted by atomic mass is 10.1. The van der Waals surface area contributed by atoms with Crippen molar-refractivity contribution in [2.45, 2.75) is 32.9 Å². The molecule has 1 amide bonds. The molecule has 0 fully saturated rings. The highest BCUT2D eigenvalue weighted by Crippen LogP contribution is 2.19. The third kappa shape index (κ3) is 5.81. The fourth-order valence-electron chi connectivity index (χ4n) is 2.36. The highest BCUT2D eigenvalue weighted by molar-refractivity contribution is 5.81. The van der Waals surface area contributed by atoms with Gasteiger partial charge in [-0.05, 0) is 56.2 Å². The van der Waals surface area contributed by atoms with Gasteiger partial charge in [-0.3, -0.25) is 4.79 Å². The van der Waals surface area contributed by atoms with Crippen LogP contribution in [0.4, 0.5) is 0 Å². The van der Waals surface area contributed by atoms with Gasteiger partial charge in [-0.1, -0.05) is 24.3 Å². The molecule has 2 rings (SSSR count). The number of hydrogen-bond acceptors (Lipinski definition) is 4. The first kappa shape index (κ1) is 19.3. The normalized spacial score (nSPS) is 12.7. The monoisotopic (exact) mass is 357 g/mol. The van der Waals surface area contributed by atoms with Crippen LogP contribution in [-0.2, 0) is 9.59 Å². The maximum Gasteiger partial charge on any atom is 0.341 e. The summed E-state index contributed by atoms with van der Waals surface area (Å²) in [5.74, 6) is -0.131. The molecule has 0 aliphatic heterocycles. The Morgan fingerprint density at radius 3 is 2.38 bits per heavy atom. The van der Waals surface area contributed by atoms with Gasteiger partial charge in [0.1, 0.15) is 11.5 Å². The SMILES string of the molecule is Cc1cccc(O[C@H](C)C(=O)N[C@H](C)c2ccc(OCC(=O)O)cc2)c1. The molecule has 2 atom stereocenters. The van der Waals surface area contributed by atoms with Gasteiger partial charge in [0.25, 0.3) is 5.91 Å². The molecule has 0 radical (unpaired) electrons. The van der Waals surface area contributed by atoms with Crippen LogP contribution in [0.15, 0.2) is 48.5 Å². The van der Waals surface area contributed by atoms with Crippen LogP contribution in [-0.4, -0.2) is 29.7 Å². The second kappa shape index (κ2) is 8.89. The van der Waals surface area contributed by atoms with E-state index in [9.17, 15) is 9.59 Å². The second-order valence-electron chi connectivity index (χ2n) is 6.06. The van der Waals surface area contributed by atoms with Crippen LogP contribution in [0, 0.1) is 6.92 Å². The number of rotatable bonds is 8. The topological polar surface area (TPSA) is 84.9 Å². The molecule has 6 nitrogen and oxygen atoms in total. The minimum absolute atomic E-state index is 0.217.